The second-order valence-electron chi connectivity index (χ2n) is 5.33. The summed E-state index contributed by atoms with van der Waals surface area (Å²) in [4.78, 5) is 23.0. The van der Waals surface area contributed by atoms with Gasteiger partial charge in [-0.3, -0.25) is 9.59 Å². The zero-order chi connectivity index (χ0) is 12.1. The van der Waals surface area contributed by atoms with Gasteiger partial charge in [-0.25, -0.2) is 0 Å². The molecule has 0 unspecified atom stereocenters. The van der Waals surface area contributed by atoms with E-state index >= 15 is 0 Å². The summed E-state index contributed by atoms with van der Waals surface area (Å²) in [5, 5.41) is 5.57. The van der Waals surface area contributed by atoms with Gasteiger partial charge >= 0.3 is 0 Å². The van der Waals surface area contributed by atoms with Crippen LogP contribution in [0.5, 0.6) is 0 Å². The molecule has 2 fully saturated rings. The topological polar surface area (TPSA) is 58.2 Å². The number of carbonyl (C=O) groups is 2. The smallest absolute Gasteiger partial charge is 0.239 e. The van der Waals surface area contributed by atoms with Crippen LogP contribution in [0.25, 0.3) is 0 Å². The summed E-state index contributed by atoms with van der Waals surface area (Å²) >= 11 is 0. The summed E-state index contributed by atoms with van der Waals surface area (Å²) in [6, 6.07) is 0.373. The van der Waals surface area contributed by atoms with Crippen molar-refractivity contribution in [3.8, 4) is 0 Å². The molecule has 0 saturated heterocycles. The first-order valence-corrected chi connectivity index (χ1v) is 6.80. The highest BCUT2D eigenvalue weighted by Crippen LogP contribution is 2.25. The second-order valence-corrected chi connectivity index (χ2v) is 5.33. The first-order valence-electron chi connectivity index (χ1n) is 6.80. The van der Waals surface area contributed by atoms with E-state index in [0.717, 1.165) is 12.8 Å². The van der Waals surface area contributed by atoms with Crippen LogP contribution in [0, 0.1) is 5.92 Å². The van der Waals surface area contributed by atoms with E-state index in [9.17, 15) is 9.59 Å². The minimum Gasteiger partial charge on any atom is -0.352 e. The fraction of sp³-hybridized carbons (Fsp3) is 0.846. The van der Waals surface area contributed by atoms with Gasteiger partial charge in [0.1, 0.15) is 0 Å². The fourth-order valence-corrected chi connectivity index (χ4v) is 2.41. The van der Waals surface area contributed by atoms with Crippen molar-refractivity contribution in [2.45, 2.75) is 57.4 Å². The fourth-order valence-electron chi connectivity index (χ4n) is 2.41. The largest absolute Gasteiger partial charge is 0.352 e. The van der Waals surface area contributed by atoms with Crippen molar-refractivity contribution < 1.29 is 9.59 Å². The third kappa shape index (κ3) is 4.75. The molecule has 2 aliphatic carbocycles. The Morgan fingerprint density at radius 2 is 1.65 bits per heavy atom. The Morgan fingerprint density at radius 1 is 0.941 bits per heavy atom. The van der Waals surface area contributed by atoms with E-state index in [4.69, 9.17) is 0 Å². The molecule has 0 atom stereocenters. The van der Waals surface area contributed by atoms with Crippen LogP contribution in [0.1, 0.15) is 51.4 Å². The highest BCUT2D eigenvalue weighted by Gasteiger charge is 2.23. The Balaban J connectivity index is 1.57. The molecule has 2 saturated carbocycles. The number of rotatable bonds is 5. The van der Waals surface area contributed by atoms with Gasteiger partial charge in [-0.15, -0.1) is 0 Å². The zero-order valence-corrected chi connectivity index (χ0v) is 10.3. The Morgan fingerprint density at radius 3 is 2.29 bits per heavy atom. The molecule has 0 radical (unpaired) electrons. The predicted octanol–water partition coefficient (Wildman–Crippen LogP) is 1.35. The molecule has 0 spiro atoms. The van der Waals surface area contributed by atoms with Gasteiger partial charge in [-0.05, 0) is 31.6 Å². The average Bonchev–Trinajstić information content (AvgIpc) is 3.12. The first-order chi connectivity index (χ1) is 8.24. The third-order valence-corrected chi connectivity index (χ3v) is 3.59. The Hall–Kier alpha value is -1.06. The number of nitrogens with one attached hydrogen (secondary N) is 2. The highest BCUT2D eigenvalue weighted by molar-refractivity contribution is 5.85. The van der Waals surface area contributed by atoms with Crippen LogP contribution >= 0.6 is 0 Å². The summed E-state index contributed by atoms with van der Waals surface area (Å²) in [6.07, 6.45) is 8.91. The molecular formula is C13H22N2O2. The number of hydrogen-bond acceptors (Lipinski definition) is 2. The molecule has 0 aromatic rings. The Bertz CT molecular complexity index is 281. The van der Waals surface area contributed by atoms with Crippen LogP contribution in [-0.4, -0.2) is 24.4 Å². The molecule has 2 aliphatic rings. The molecule has 0 aromatic carbocycles. The van der Waals surface area contributed by atoms with Crippen LogP contribution < -0.4 is 10.6 Å². The molecule has 0 aromatic heterocycles. The summed E-state index contributed by atoms with van der Waals surface area (Å²) in [5.74, 6) is 0.516. The molecule has 96 valence electrons. The van der Waals surface area contributed by atoms with Gasteiger partial charge in [0.15, 0.2) is 0 Å². The van der Waals surface area contributed by atoms with E-state index in [2.05, 4.69) is 10.6 Å². The van der Waals surface area contributed by atoms with E-state index in [1.165, 1.54) is 32.1 Å². The van der Waals surface area contributed by atoms with E-state index in [-0.39, 0.29) is 18.4 Å². The van der Waals surface area contributed by atoms with Crippen LogP contribution in [0.4, 0.5) is 0 Å². The molecule has 17 heavy (non-hydrogen) atoms. The molecule has 0 heterocycles. The molecule has 0 bridgehead atoms. The van der Waals surface area contributed by atoms with Crippen molar-refractivity contribution in [1.82, 2.24) is 10.6 Å². The van der Waals surface area contributed by atoms with Crippen LogP contribution in [0.3, 0.4) is 0 Å². The lowest BCUT2D eigenvalue weighted by Crippen LogP contribution is -2.38. The van der Waals surface area contributed by atoms with Crippen molar-refractivity contribution in [1.29, 1.82) is 0 Å². The van der Waals surface area contributed by atoms with Gasteiger partial charge in [0.05, 0.1) is 6.54 Å². The van der Waals surface area contributed by atoms with Gasteiger partial charge in [0.2, 0.25) is 11.8 Å². The molecule has 4 heteroatoms. The lowest BCUT2D eigenvalue weighted by atomic mass is 9.87. The van der Waals surface area contributed by atoms with Crippen molar-refractivity contribution in [3.05, 3.63) is 0 Å². The molecule has 4 nitrogen and oxygen atoms in total. The SMILES string of the molecule is O=C(CC1CCCCC1)NCC(=O)NC1CC1. The van der Waals surface area contributed by atoms with Crippen molar-refractivity contribution in [2.24, 2.45) is 5.92 Å². The molecule has 0 aliphatic heterocycles. The number of carbonyl (C=O) groups excluding carboxylic acids is 2. The minimum absolute atomic E-state index is 0.0304. The number of amides is 2. The van der Waals surface area contributed by atoms with Crippen molar-refractivity contribution in [2.75, 3.05) is 6.54 Å². The maximum absolute atomic E-state index is 11.6. The van der Waals surface area contributed by atoms with E-state index in [0.29, 0.717) is 18.4 Å². The lowest BCUT2D eigenvalue weighted by Gasteiger charge is -2.20. The third-order valence-electron chi connectivity index (χ3n) is 3.59. The van der Waals surface area contributed by atoms with E-state index in [1.807, 2.05) is 0 Å². The van der Waals surface area contributed by atoms with Crippen LogP contribution in [-0.2, 0) is 9.59 Å². The van der Waals surface area contributed by atoms with Gasteiger partial charge in [0, 0.05) is 12.5 Å². The van der Waals surface area contributed by atoms with E-state index < -0.39 is 0 Å². The van der Waals surface area contributed by atoms with Gasteiger partial charge in [-0.2, -0.15) is 0 Å². The Kier molecular flexibility index (Phi) is 4.40. The summed E-state index contributed by atoms with van der Waals surface area (Å²) in [5.41, 5.74) is 0. The molecular weight excluding hydrogens is 216 g/mol. The van der Waals surface area contributed by atoms with Crippen molar-refractivity contribution in [3.63, 3.8) is 0 Å². The standard InChI is InChI=1S/C13H22N2O2/c16-12(8-10-4-2-1-3-5-10)14-9-13(17)15-11-6-7-11/h10-11H,1-9H2,(H,14,16)(H,15,17). The van der Waals surface area contributed by atoms with Crippen LogP contribution in [0.2, 0.25) is 0 Å². The highest BCUT2D eigenvalue weighted by atomic mass is 16.2. The van der Waals surface area contributed by atoms with Gasteiger partial charge in [0.25, 0.3) is 0 Å². The monoisotopic (exact) mass is 238 g/mol. The second kappa shape index (κ2) is 6.03. The summed E-state index contributed by atoms with van der Waals surface area (Å²) in [7, 11) is 0. The maximum atomic E-state index is 11.6. The number of hydrogen-bond donors (Lipinski definition) is 2. The molecule has 2 amide bonds. The quantitative estimate of drug-likeness (QED) is 0.759. The summed E-state index contributed by atoms with van der Waals surface area (Å²) in [6.45, 7) is 0.141. The van der Waals surface area contributed by atoms with Gasteiger partial charge < -0.3 is 10.6 Å². The van der Waals surface area contributed by atoms with Gasteiger partial charge in [-0.1, -0.05) is 19.3 Å². The van der Waals surface area contributed by atoms with Crippen molar-refractivity contribution >= 4 is 11.8 Å². The zero-order valence-electron chi connectivity index (χ0n) is 10.3. The minimum atomic E-state index is -0.0514. The normalized spacial score (nSPS) is 20.9. The first kappa shape index (κ1) is 12.4. The Labute approximate surface area is 103 Å². The lowest BCUT2D eigenvalue weighted by molar-refractivity contribution is -0.126. The average molecular weight is 238 g/mol. The van der Waals surface area contributed by atoms with E-state index in [1.54, 1.807) is 0 Å². The molecule has 2 N–H and O–H groups in total. The van der Waals surface area contributed by atoms with Crippen LogP contribution in [0.15, 0.2) is 0 Å². The molecule has 2 rings (SSSR count). The predicted molar refractivity (Wildman–Crippen MR) is 65.4 cm³/mol. The maximum Gasteiger partial charge on any atom is 0.239 e. The summed E-state index contributed by atoms with van der Waals surface area (Å²) < 4.78 is 0.